The monoisotopic (exact) mass is 270 g/mol. The van der Waals surface area contributed by atoms with Crippen molar-refractivity contribution in [2.24, 2.45) is 0 Å². The molecule has 0 aliphatic rings. The van der Waals surface area contributed by atoms with Crippen LogP contribution in [0.25, 0.3) is 21.8 Å². The van der Waals surface area contributed by atoms with Crippen molar-refractivity contribution in [2.45, 2.75) is 0 Å². The first-order valence-electron chi connectivity index (χ1n) is 5.54. The van der Waals surface area contributed by atoms with Gasteiger partial charge in [0.1, 0.15) is 0 Å². The minimum Gasteiger partial charge on any atom is -0.294 e. The highest BCUT2D eigenvalue weighted by molar-refractivity contribution is 6.39. The Morgan fingerprint density at radius 3 is 2.63 bits per heavy atom. The van der Waals surface area contributed by atoms with Gasteiger partial charge in [0.2, 0.25) is 5.78 Å². The van der Waals surface area contributed by atoms with Gasteiger partial charge >= 0.3 is 0 Å². The molecule has 1 aromatic carbocycles. The highest BCUT2D eigenvalue weighted by Crippen LogP contribution is 2.30. The number of fused-ring (bicyclic) bond motifs is 3. The SMILES string of the molecule is O=CC(=O)c1cc2c(Cl)ccnc2c2ncccc12. The molecule has 0 saturated heterocycles. The molecule has 2 heterocycles. The Balaban J connectivity index is 2.57. The average molecular weight is 271 g/mol. The van der Waals surface area contributed by atoms with Crippen molar-refractivity contribution in [1.82, 2.24) is 9.97 Å². The molecule has 0 amide bonds. The van der Waals surface area contributed by atoms with Gasteiger partial charge in [-0.15, -0.1) is 0 Å². The Morgan fingerprint density at radius 1 is 1.11 bits per heavy atom. The molecule has 0 spiro atoms. The van der Waals surface area contributed by atoms with Crippen LogP contribution < -0.4 is 0 Å². The van der Waals surface area contributed by atoms with E-state index in [0.717, 1.165) is 0 Å². The van der Waals surface area contributed by atoms with E-state index in [4.69, 9.17) is 11.6 Å². The number of carbonyl (C=O) groups is 2. The predicted octanol–water partition coefficient (Wildman–Crippen LogP) is 2.82. The van der Waals surface area contributed by atoms with E-state index in [0.29, 0.717) is 32.4 Å². The number of hydrogen-bond acceptors (Lipinski definition) is 4. The van der Waals surface area contributed by atoms with Gasteiger partial charge in [-0.05, 0) is 18.2 Å². The van der Waals surface area contributed by atoms with Crippen molar-refractivity contribution in [2.75, 3.05) is 0 Å². The summed E-state index contributed by atoms with van der Waals surface area (Å²) in [4.78, 5) is 31.0. The maximum atomic E-state index is 11.7. The number of pyridine rings is 2. The van der Waals surface area contributed by atoms with Crippen molar-refractivity contribution in [3.63, 3.8) is 0 Å². The van der Waals surface area contributed by atoms with Gasteiger partial charge in [0.15, 0.2) is 6.29 Å². The smallest absolute Gasteiger partial charge is 0.226 e. The molecule has 4 nitrogen and oxygen atoms in total. The lowest BCUT2D eigenvalue weighted by atomic mass is 10.0. The quantitative estimate of drug-likeness (QED) is 0.311. The minimum absolute atomic E-state index is 0.290. The third kappa shape index (κ3) is 1.77. The zero-order chi connectivity index (χ0) is 13.4. The molecule has 0 radical (unpaired) electrons. The van der Waals surface area contributed by atoms with Crippen molar-refractivity contribution in [3.05, 3.63) is 47.2 Å². The molecule has 92 valence electrons. The summed E-state index contributed by atoms with van der Waals surface area (Å²) in [7, 11) is 0. The molecule has 19 heavy (non-hydrogen) atoms. The number of hydrogen-bond donors (Lipinski definition) is 0. The fourth-order valence-corrected chi connectivity index (χ4v) is 2.28. The molecule has 0 saturated carbocycles. The van der Waals surface area contributed by atoms with Gasteiger partial charge in [0.05, 0.1) is 16.1 Å². The van der Waals surface area contributed by atoms with Gasteiger partial charge in [-0.2, -0.15) is 0 Å². The molecule has 0 fully saturated rings. The largest absolute Gasteiger partial charge is 0.294 e. The highest BCUT2D eigenvalue weighted by Gasteiger charge is 2.14. The van der Waals surface area contributed by atoms with Crippen LogP contribution in [0.5, 0.6) is 0 Å². The number of halogens is 1. The topological polar surface area (TPSA) is 59.9 Å². The Bertz CT molecular complexity index is 830. The second-order valence-corrected chi connectivity index (χ2v) is 4.40. The number of Topliss-reactive ketones (excluding diaryl/α,β-unsaturated/α-hetero) is 1. The van der Waals surface area contributed by atoms with Crippen LogP contribution in [0.4, 0.5) is 0 Å². The molecule has 0 N–H and O–H groups in total. The summed E-state index contributed by atoms with van der Waals surface area (Å²) < 4.78 is 0. The molecule has 0 aliphatic carbocycles. The van der Waals surface area contributed by atoms with Gasteiger partial charge in [-0.3, -0.25) is 19.6 Å². The van der Waals surface area contributed by atoms with Crippen molar-refractivity contribution in [3.8, 4) is 0 Å². The summed E-state index contributed by atoms with van der Waals surface area (Å²) in [5.74, 6) is -0.597. The Labute approximate surface area is 113 Å². The van der Waals surface area contributed by atoms with Crippen molar-refractivity contribution < 1.29 is 9.59 Å². The summed E-state index contributed by atoms with van der Waals surface area (Å²) >= 11 is 6.11. The zero-order valence-corrected chi connectivity index (χ0v) is 10.4. The molecule has 3 rings (SSSR count). The number of carbonyl (C=O) groups excluding carboxylic acids is 2. The summed E-state index contributed by atoms with van der Waals surface area (Å²) in [5, 5.41) is 1.68. The average Bonchev–Trinajstić information content (AvgIpc) is 2.46. The Morgan fingerprint density at radius 2 is 1.84 bits per heavy atom. The number of aldehydes is 1. The first kappa shape index (κ1) is 11.7. The molecule has 3 aromatic rings. The van der Waals surface area contributed by atoms with E-state index in [1.54, 1.807) is 36.7 Å². The van der Waals surface area contributed by atoms with Gasteiger partial charge < -0.3 is 0 Å². The van der Waals surface area contributed by atoms with E-state index >= 15 is 0 Å². The molecular formula is C14H7ClN2O2. The Kier molecular flexibility index (Phi) is 2.72. The van der Waals surface area contributed by atoms with Crippen LogP contribution in [-0.4, -0.2) is 22.0 Å². The van der Waals surface area contributed by atoms with E-state index in [9.17, 15) is 9.59 Å². The van der Waals surface area contributed by atoms with Crippen molar-refractivity contribution in [1.29, 1.82) is 0 Å². The lowest BCUT2D eigenvalue weighted by molar-refractivity contribution is -0.104. The van der Waals surface area contributed by atoms with E-state index in [-0.39, 0.29) is 6.29 Å². The normalized spacial score (nSPS) is 10.8. The van der Waals surface area contributed by atoms with Gasteiger partial charge in [-0.25, -0.2) is 0 Å². The third-order valence-electron chi connectivity index (χ3n) is 2.92. The molecule has 0 bridgehead atoms. The van der Waals surface area contributed by atoms with Crippen LogP contribution in [0.1, 0.15) is 10.4 Å². The molecule has 5 heteroatoms. The maximum absolute atomic E-state index is 11.7. The maximum Gasteiger partial charge on any atom is 0.226 e. The Hall–Kier alpha value is -2.33. The summed E-state index contributed by atoms with van der Waals surface area (Å²) in [5.41, 5.74) is 1.47. The first-order chi connectivity index (χ1) is 9.22. The van der Waals surface area contributed by atoms with Gasteiger partial charge in [0, 0.05) is 28.7 Å². The van der Waals surface area contributed by atoms with Crippen LogP contribution in [0.2, 0.25) is 5.02 Å². The van der Waals surface area contributed by atoms with Crippen LogP contribution in [-0.2, 0) is 4.79 Å². The van der Waals surface area contributed by atoms with E-state index in [1.165, 1.54) is 0 Å². The fourth-order valence-electron chi connectivity index (χ4n) is 2.08. The number of nitrogens with zero attached hydrogens (tertiary/aromatic N) is 2. The summed E-state index contributed by atoms with van der Waals surface area (Å²) in [6, 6.07) is 6.67. The van der Waals surface area contributed by atoms with Crippen molar-refractivity contribution >= 4 is 45.5 Å². The molecule has 0 atom stereocenters. The minimum atomic E-state index is -0.597. The lowest BCUT2D eigenvalue weighted by Crippen LogP contribution is -2.02. The zero-order valence-electron chi connectivity index (χ0n) is 9.63. The third-order valence-corrected chi connectivity index (χ3v) is 3.25. The van der Waals surface area contributed by atoms with Crippen LogP contribution in [0.3, 0.4) is 0 Å². The highest BCUT2D eigenvalue weighted by atomic mass is 35.5. The summed E-state index contributed by atoms with van der Waals surface area (Å²) in [6.45, 7) is 0. The first-order valence-corrected chi connectivity index (χ1v) is 5.91. The summed E-state index contributed by atoms with van der Waals surface area (Å²) in [6.07, 6.45) is 3.48. The fraction of sp³-hybridized carbons (Fsp3) is 0. The molecular weight excluding hydrogens is 264 g/mol. The molecule has 0 unspecified atom stereocenters. The second kappa shape index (κ2) is 4.40. The lowest BCUT2D eigenvalue weighted by Gasteiger charge is -2.07. The van der Waals surface area contributed by atoms with E-state index < -0.39 is 5.78 Å². The van der Waals surface area contributed by atoms with Gasteiger partial charge in [0.25, 0.3) is 0 Å². The number of aromatic nitrogens is 2. The van der Waals surface area contributed by atoms with Crippen LogP contribution in [0, 0.1) is 0 Å². The van der Waals surface area contributed by atoms with Gasteiger partial charge in [-0.1, -0.05) is 17.7 Å². The molecule has 0 aliphatic heterocycles. The second-order valence-electron chi connectivity index (χ2n) is 3.99. The number of benzene rings is 1. The standard InChI is InChI=1S/C14H7ClN2O2/c15-11-3-5-17-14-10(11)6-9(12(19)7-18)8-2-1-4-16-13(8)14/h1-7H. The predicted molar refractivity (Wildman–Crippen MR) is 72.4 cm³/mol. The van der Waals surface area contributed by atoms with Crippen LogP contribution >= 0.6 is 11.6 Å². The number of rotatable bonds is 2. The molecule has 2 aromatic heterocycles. The number of ketones is 1. The van der Waals surface area contributed by atoms with E-state index in [1.807, 2.05) is 0 Å². The van der Waals surface area contributed by atoms with Crippen LogP contribution in [0.15, 0.2) is 36.7 Å². The van der Waals surface area contributed by atoms with E-state index in [2.05, 4.69) is 9.97 Å².